The lowest BCUT2D eigenvalue weighted by molar-refractivity contribution is -0.124. The van der Waals surface area contributed by atoms with E-state index >= 15 is 0 Å². The monoisotopic (exact) mass is 355 g/mol. The highest BCUT2D eigenvalue weighted by Crippen LogP contribution is 2.19. The molecule has 0 aromatic heterocycles. The van der Waals surface area contributed by atoms with Gasteiger partial charge < -0.3 is 10.1 Å². The number of esters is 1. The van der Waals surface area contributed by atoms with Gasteiger partial charge in [-0.3, -0.25) is 4.79 Å². The molecule has 0 aliphatic heterocycles. The summed E-state index contributed by atoms with van der Waals surface area (Å²) >= 11 is 11.6. The molecule has 0 atom stereocenters. The molecule has 0 unspecified atom stereocenters. The third kappa shape index (κ3) is 5.23. The number of ether oxygens (including phenoxy) is 1. The number of rotatable bonds is 5. The van der Waals surface area contributed by atoms with Gasteiger partial charge in [-0.25, -0.2) is 9.18 Å². The summed E-state index contributed by atoms with van der Waals surface area (Å²) in [6, 6.07) is 10.3. The van der Waals surface area contributed by atoms with Gasteiger partial charge in [0.05, 0.1) is 5.56 Å². The lowest BCUT2D eigenvalue weighted by atomic mass is 10.2. The molecule has 0 heterocycles. The van der Waals surface area contributed by atoms with E-state index in [1.807, 2.05) is 0 Å². The van der Waals surface area contributed by atoms with Gasteiger partial charge in [0.15, 0.2) is 6.61 Å². The van der Waals surface area contributed by atoms with Crippen molar-refractivity contribution in [3.8, 4) is 0 Å². The summed E-state index contributed by atoms with van der Waals surface area (Å²) < 4.78 is 18.2. The highest BCUT2D eigenvalue weighted by atomic mass is 35.5. The van der Waals surface area contributed by atoms with E-state index in [9.17, 15) is 14.0 Å². The smallest absolute Gasteiger partial charge is 0.338 e. The van der Waals surface area contributed by atoms with Crippen LogP contribution in [0.15, 0.2) is 42.5 Å². The Bertz CT molecular complexity index is 717. The Balaban J connectivity index is 1.84. The van der Waals surface area contributed by atoms with Crippen LogP contribution in [0.1, 0.15) is 15.9 Å². The van der Waals surface area contributed by atoms with E-state index in [0.29, 0.717) is 5.56 Å². The minimum atomic E-state index is -0.726. The molecule has 2 rings (SSSR count). The van der Waals surface area contributed by atoms with Crippen molar-refractivity contribution in [3.63, 3.8) is 0 Å². The molecule has 2 aromatic carbocycles. The van der Waals surface area contributed by atoms with Crippen molar-refractivity contribution in [3.05, 3.63) is 69.5 Å². The van der Waals surface area contributed by atoms with Gasteiger partial charge in [-0.2, -0.15) is 0 Å². The van der Waals surface area contributed by atoms with Crippen LogP contribution in [-0.4, -0.2) is 18.5 Å². The van der Waals surface area contributed by atoms with Crippen LogP contribution in [0, 0.1) is 5.82 Å². The van der Waals surface area contributed by atoms with Gasteiger partial charge >= 0.3 is 5.97 Å². The Morgan fingerprint density at radius 2 is 1.74 bits per heavy atom. The predicted molar refractivity (Wildman–Crippen MR) is 85.0 cm³/mol. The van der Waals surface area contributed by atoms with Crippen molar-refractivity contribution >= 4 is 35.1 Å². The van der Waals surface area contributed by atoms with Gasteiger partial charge in [0.25, 0.3) is 5.91 Å². The van der Waals surface area contributed by atoms with Crippen molar-refractivity contribution in [2.45, 2.75) is 6.54 Å². The Morgan fingerprint density at radius 3 is 2.39 bits per heavy atom. The van der Waals surface area contributed by atoms with Crippen LogP contribution in [0.4, 0.5) is 4.39 Å². The maximum atomic E-state index is 13.4. The largest absolute Gasteiger partial charge is 0.452 e. The topological polar surface area (TPSA) is 55.4 Å². The van der Waals surface area contributed by atoms with Gasteiger partial charge in [0, 0.05) is 22.2 Å². The summed E-state index contributed by atoms with van der Waals surface area (Å²) in [6.07, 6.45) is 0. The maximum absolute atomic E-state index is 13.4. The van der Waals surface area contributed by atoms with Gasteiger partial charge in [-0.1, -0.05) is 41.4 Å². The number of amides is 1. The molecule has 1 amide bonds. The summed E-state index contributed by atoms with van der Waals surface area (Å²) in [5, 5.41) is 3.03. The molecule has 0 saturated carbocycles. The predicted octanol–water partition coefficient (Wildman–Crippen LogP) is 3.61. The molecular formula is C16H12Cl2FNO3. The summed E-state index contributed by atoms with van der Waals surface area (Å²) in [7, 11) is 0. The van der Waals surface area contributed by atoms with Crippen LogP contribution in [0.2, 0.25) is 10.0 Å². The van der Waals surface area contributed by atoms with Crippen LogP contribution in [0.5, 0.6) is 0 Å². The molecule has 23 heavy (non-hydrogen) atoms. The van der Waals surface area contributed by atoms with Gasteiger partial charge in [-0.15, -0.1) is 0 Å². The average molecular weight is 356 g/mol. The summed E-state index contributed by atoms with van der Waals surface area (Å²) in [6.45, 7) is -0.483. The highest BCUT2D eigenvalue weighted by molar-refractivity contribution is 6.35. The fourth-order valence-electron chi connectivity index (χ4n) is 1.77. The van der Waals surface area contributed by atoms with Crippen LogP contribution >= 0.6 is 23.2 Å². The van der Waals surface area contributed by atoms with E-state index in [-0.39, 0.29) is 22.2 Å². The lowest BCUT2D eigenvalue weighted by Gasteiger charge is -2.08. The maximum Gasteiger partial charge on any atom is 0.338 e. The molecule has 4 nitrogen and oxygen atoms in total. The Hall–Kier alpha value is -2.11. The molecule has 7 heteroatoms. The zero-order valence-electron chi connectivity index (χ0n) is 11.8. The van der Waals surface area contributed by atoms with Crippen molar-refractivity contribution in [2.75, 3.05) is 6.61 Å². The molecule has 0 bridgehead atoms. The Kier molecular flexibility index (Phi) is 5.96. The fourth-order valence-corrected chi connectivity index (χ4v) is 2.30. The first-order chi connectivity index (χ1) is 11.0. The summed E-state index contributed by atoms with van der Waals surface area (Å²) in [5.41, 5.74) is 0.484. The van der Waals surface area contributed by atoms with Crippen molar-refractivity contribution in [2.24, 2.45) is 0 Å². The molecule has 1 N–H and O–H groups in total. The van der Waals surface area contributed by atoms with E-state index < -0.39 is 24.3 Å². The molecule has 0 radical (unpaired) electrons. The Labute approximate surface area is 142 Å². The zero-order valence-corrected chi connectivity index (χ0v) is 13.3. The molecule has 0 aliphatic rings. The molecule has 0 spiro atoms. The van der Waals surface area contributed by atoms with Crippen molar-refractivity contribution in [1.29, 1.82) is 0 Å². The molecular weight excluding hydrogens is 344 g/mol. The number of halogens is 3. The molecule has 2 aromatic rings. The third-order valence-corrected chi connectivity index (χ3v) is 3.30. The quantitative estimate of drug-likeness (QED) is 0.833. The third-order valence-electron chi connectivity index (χ3n) is 2.87. The average Bonchev–Trinajstić information content (AvgIpc) is 2.51. The van der Waals surface area contributed by atoms with E-state index in [4.69, 9.17) is 27.9 Å². The number of benzene rings is 2. The highest BCUT2D eigenvalue weighted by Gasteiger charge is 2.12. The number of nitrogens with one attached hydrogen (secondary N) is 1. The minimum Gasteiger partial charge on any atom is -0.452 e. The van der Waals surface area contributed by atoms with Crippen LogP contribution in [0.3, 0.4) is 0 Å². The zero-order chi connectivity index (χ0) is 16.8. The van der Waals surface area contributed by atoms with E-state index in [0.717, 1.165) is 0 Å². The van der Waals surface area contributed by atoms with Crippen LogP contribution in [0.25, 0.3) is 0 Å². The van der Waals surface area contributed by atoms with E-state index in [2.05, 4.69) is 5.32 Å². The van der Waals surface area contributed by atoms with E-state index in [1.54, 1.807) is 18.2 Å². The number of hydrogen-bond acceptors (Lipinski definition) is 3. The molecule has 0 saturated heterocycles. The molecule has 120 valence electrons. The van der Waals surface area contributed by atoms with Crippen LogP contribution < -0.4 is 5.32 Å². The second kappa shape index (κ2) is 7.94. The summed E-state index contributed by atoms with van der Waals surface area (Å²) in [4.78, 5) is 23.4. The first-order valence-electron chi connectivity index (χ1n) is 6.59. The van der Waals surface area contributed by atoms with Gasteiger partial charge in [0.1, 0.15) is 5.82 Å². The van der Waals surface area contributed by atoms with Crippen molar-refractivity contribution in [1.82, 2.24) is 5.32 Å². The second-order valence-corrected chi connectivity index (χ2v) is 5.48. The van der Waals surface area contributed by atoms with E-state index in [1.165, 1.54) is 24.3 Å². The normalized spacial score (nSPS) is 10.2. The van der Waals surface area contributed by atoms with Crippen molar-refractivity contribution < 1.29 is 18.7 Å². The number of carbonyl (C=O) groups excluding carboxylic acids is 2. The van der Waals surface area contributed by atoms with Crippen LogP contribution in [-0.2, 0) is 16.1 Å². The summed E-state index contributed by atoms with van der Waals surface area (Å²) in [5.74, 6) is -1.69. The second-order valence-electron chi connectivity index (χ2n) is 4.60. The lowest BCUT2D eigenvalue weighted by Crippen LogP contribution is -2.28. The number of hydrogen-bond donors (Lipinski definition) is 1. The molecule has 0 aliphatic carbocycles. The Morgan fingerprint density at radius 1 is 1.09 bits per heavy atom. The first-order valence-corrected chi connectivity index (χ1v) is 7.34. The van der Waals surface area contributed by atoms with Gasteiger partial charge in [0.2, 0.25) is 0 Å². The standard InChI is InChI=1S/C16H12Cl2FNO3/c17-12-5-11(6-13(18)7-12)16(22)23-9-15(21)20-8-10-3-1-2-4-14(10)19/h1-7H,8-9H2,(H,20,21). The molecule has 0 fully saturated rings. The SMILES string of the molecule is O=C(COC(=O)c1cc(Cl)cc(Cl)c1)NCc1ccccc1F. The number of carbonyl (C=O) groups is 2. The first kappa shape index (κ1) is 17.2. The fraction of sp³-hybridized carbons (Fsp3) is 0.125. The van der Waals surface area contributed by atoms with Gasteiger partial charge in [-0.05, 0) is 24.3 Å². The minimum absolute atomic E-state index is 0.00600.